The number of rotatable bonds is 4. The molecule has 1 amide bonds. The monoisotopic (exact) mass is 310 g/mol. The Morgan fingerprint density at radius 3 is 2.57 bits per heavy atom. The highest BCUT2D eigenvalue weighted by atomic mass is 32.1. The van der Waals surface area contributed by atoms with Crippen molar-refractivity contribution in [1.82, 2.24) is 9.80 Å². The van der Waals surface area contributed by atoms with Crippen LogP contribution in [0.4, 0.5) is 0 Å². The van der Waals surface area contributed by atoms with Gasteiger partial charge in [0.15, 0.2) is 5.84 Å². The second-order valence-corrected chi connectivity index (χ2v) is 5.99. The van der Waals surface area contributed by atoms with E-state index in [9.17, 15) is 4.79 Å². The number of amides is 1. The summed E-state index contributed by atoms with van der Waals surface area (Å²) in [6.45, 7) is 6.79. The van der Waals surface area contributed by atoms with Crippen LogP contribution >= 0.6 is 11.3 Å². The molecule has 0 spiro atoms. The van der Waals surface area contributed by atoms with E-state index in [1.165, 1.54) is 0 Å². The second-order valence-electron chi connectivity index (χ2n) is 5.25. The number of hydrogen-bond acceptors (Lipinski definition) is 5. The second kappa shape index (κ2) is 6.91. The largest absolute Gasteiger partial charge is 0.409 e. The highest BCUT2D eigenvalue weighted by Crippen LogP contribution is 2.18. The van der Waals surface area contributed by atoms with E-state index in [2.05, 4.69) is 10.1 Å². The number of nitrogens with zero attached hydrogens (tertiary/aromatic N) is 3. The minimum Gasteiger partial charge on any atom is -0.409 e. The highest BCUT2D eigenvalue weighted by Gasteiger charge is 2.28. The smallest absolute Gasteiger partial charge is 0.255 e. The standard InChI is InChI=1S/C14H22N4O2S/c1-3-12(13(15)16-20)17-4-6-18(7-5-17)14(19)11-9-21-8-10(11)2/h8-9,12,20H,3-7H2,1-2H3,(H2,15,16). The zero-order valence-corrected chi connectivity index (χ0v) is 13.3. The molecule has 0 saturated carbocycles. The van der Waals surface area contributed by atoms with Crippen molar-refractivity contribution in [2.45, 2.75) is 26.3 Å². The molecule has 0 bridgehead atoms. The van der Waals surface area contributed by atoms with Crippen LogP contribution in [0, 0.1) is 6.92 Å². The van der Waals surface area contributed by atoms with Crippen LogP contribution in [0.25, 0.3) is 0 Å². The zero-order valence-electron chi connectivity index (χ0n) is 12.5. The Kier molecular flexibility index (Phi) is 5.19. The summed E-state index contributed by atoms with van der Waals surface area (Å²) in [6, 6.07) is -0.0601. The zero-order chi connectivity index (χ0) is 15.4. The summed E-state index contributed by atoms with van der Waals surface area (Å²) >= 11 is 1.56. The summed E-state index contributed by atoms with van der Waals surface area (Å²) < 4.78 is 0. The molecule has 2 rings (SSSR count). The molecule has 21 heavy (non-hydrogen) atoms. The molecule has 1 aliphatic heterocycles. The Hall–Kier alpha value is -1.60. The van der Waals surface area contributed by atoms with Crippen molar-refractivity contribution < 1.29 is 10.0 Å². The van der Waals surface area contributed by atoms with Gasteiger partial charge in [0, 0.05) is 31.6 Å². The molecule has 1 aromatic heterocycles. The molecule has 0 aliphatic carbocycles. The number of amidine groups is 1. The van der Waals surface area contributed by atoms with Crippen molar-refractivity contribution in [3.05, 3.63) is 21.9 Å². The summed E-state index contributed by atoms with van der Waals surface area (Å²) in [5.41, 5.74) is 7.57. The lowest BCUT2D eigenvalue weighted by atomic mass is 10.1. The third kappa shape index (κ3) is 3.36. The van der Waals surface area contributed by atoms with Gasteiger partial charge in [-0.05, 0) is 24.3 Å². The maximum Gasteiger partial charge on any atom is 0.255 e. The van der Waals surface area contributed by atoms with Crippen molar-refractivity contribution >= 4 is 23.1 Å². The van der Waals surface area contributed by atoms with Crippen LogP contribution in [-0.4, -0.2) is 59.0 Å². The van der Waals surface area contributed by atoms with Crippen molar-refractivity contribution in [2.24, 2.45) is 10.9 Å². The molecule has 6 nitrogen and oxygen atoms in total. The van der Waals surface area contributed by atoms with Crippen molar-refractivity contribution in [1.29, 1.82) is 0 Å². The lowest BCUT2D eigenvalue weighted by Crippen LogP contribution is -2.55. The van der Waals surface area contributed by atoms with Crippen LogP contribution in [0.2, 0.25) is 0 Å². The van der Waals surface area contributed by atoms with E-state index in [1.54, 1.807) is 11.3 Å². The van der Waals surface area contributed by atoms with Crippen molar-refractivity contribution in [2.75, 3.05) is 26.2 Å². The van der Waals surface area contributed by atoms with Crippen LogP contribution in [0.5, 0.6) is 0 Å². The van der Waals surface area contributed by atoms with E-state index in [1.807, 2.05) is 29.5 Å². The van der Waals surface area contributed by atoms with E-state index in [4.69, 9.17) is 10.9 Å². The number of thiophene rings is 1. The molecule has 7 heteroatoms. The number of nitrogens with two attached hydrogens (primary N) is 1. The van der Waals surface area contributed by atoms with Gasteiger partial charge in [0.05, 0.1) is 11.6 Å². The van der Waals surface area contributed by atoms with Crippen LogP contribution < -0.4 is 5.73 Å². The average Bonchev–Trinajstić information content (AvgIpc) is 2.94. The molecule has 1 atom stereocenters. The fourth-order valence-corrected chi connectivity index (χ4v) is 3.53. The van der Waals surface area contributed by atoms with Crippen LogP contribution in [0.3, 0.4) is 0 Å². The third-order valence-corrected chi connectivity index (χ3v) is 4.83. The van der Waals surface area contributed by atoms with E-state index < -0.39 is 0 Å². The van der Waals surface area contributed by atoms with Crippen molar-refractivity contribution in [3.63, 3.8) is 0 Å². The summed E-state index contributed by atoms with van der Waals surface area (Å²) in [4.78, 5) is 16.5. The molecular weight excluding hydrogens is 288 g/mol. The van der Waals surface area contributed by atoms with E-state index in [0.29, 0.717) is 13.1 Å². The number of aryl methyl sites for hydroxylation is 1. The molecule has 116 valence electrons. The predicted molar refractivity (Wildman–Crippen MR) is 84.0 cm³/mol. The summed E-state index contributed by atoms with van der Waals surface area (Å²) in [5, 5.41) is 15.9. The SMILES string of the molecule is CCC(C(N)=NO)N1CCN(C(=O)c2cscc2C)CC1. The molecule has 1 fully saturated rings. The first-order chi connectivity index (χ1) is 10.1. The Morgan fingerprint density at radius 1 is 1.43 bits per heavy atom. The minimum atomic E-state index is -0.0601. The van der Waals surface area contributed by atoms with Gasteiger partial charge >= 0.3 is 0 Å². The molecule has 1 aromatic rings. The average molecular weight is 310 g/mol. The van der Waals surface area contributed by atoms with Gasteiger partial charge in [0.2, 0.25) is 0 Å². The van der Waals surface area contributed by atoms with E-state index >= 15 is 0 Å². The highest BCUT2D eigenvalue weighted by molar-refractivity contribution is 7.08. The molecule has 0 aromatic carbocycles. The number of oxime groups is 1. The summed E-state index contributed by atoms with van der Waals surface area (Å²) in [5.74, 6) is 0.344. The van der Waals surface area contributed by atoms with Gasteiger partial charge < -0.3 is 15.8 Å². The number of hydrogen-bond donors (Lipinski definition) is 2. The van der Waals surface area contributed by atoms with E-state index in [0.717, 1.165) is 30.6 Å². The minimum absolute atomic E-state index is 0.0601. The topological polar surface area (TPSA) is 82.2 Å². The maximum atomic E-state index is 12.4. The van der Waals surface area contributed by atoms with Crippen LogP contribution in [0.15, 0.2) is 15.9 Å². The number of carbonyl (C=O) groups excluding carboxylic acids is 1. The first kappa shape index (κ1) is 15.8. The molecule has 3 N–H and O–H groups in total. The first-order valence-corrected chi connectivity index (χ1v) is 8.06. The Labute approximate surface area is 128 Å². The summed E-state index contributed by atoms with van der Waals surface area (Å²) in [6.07, 6.45) is 0.785. The van der Waals surface area contributed by atoms with Gasteiger partial charge in [0.25, 0.3) is 5.91 Å². The maximum absolute atomic E-state index is 12.4. The molecule has 1 unspecified atom stereocenters. The number of piperazine rings is 1. The molecule has 2 heterocycles. The Morgan fingerprint density at radius 2 is 2.10 bits per heavy atom. The van der Waals surface area contributed by atoms with Crippen LogP contribution in [-0.2, 0) is 0 Å². The molecule has 1 aliphatic rings. The van der Waals surface area contributed by atoms with Crippen molar-refractivity contribution in [3.8, 4) is 0 Å². The number of carbonyl (C=O) groups is 1. The van der Waals surface area contributed by atoms with Gasteiger partial charge in [0.1, 0.15) is 0 Å². The fourth-order valence-electron chi connectivity index (χ4n) is 2.71. The summed E-state index contributed by atoms with van der Waals surface area (Å²) in [7, 11) is 0. The lowest BCUT2D eigenvalue weighted by molar-refractivity contribution is 0.0608. The van der Waals surface area contributed by atoms with E-state index in [-0.39, 0.29) is 17.8 Å². The third-order valence-electron chi connectivity index (χ3n) is 3.97. The predicted octanol–water partition coefficient (Wildman–Crippen LogP) is 1.34. The first-order valence-electron chi connectivity index (χ1n) is 7.12. The quantitative estimate of drug-likeness (QED) is 0.380. The van der Waals surface area contributed by atoms with Gasteiger partial charge in [-0.15, -0.1) is 0 Å². The van der Waals surface area contributed by atoms with Gasteiger partial charge in [-0.3, -0.25) is 9.69 Å². The Balaban J connectivity index is 1.97. The molecular formula is C14H22N4O2S. The van der Waals surface area contributed by atoms with Gasteiger partial charge in [-0.1, -0.05) is 12.1 Å². The molecule has 0 radical (unpaired) electrons. The fraction of sp³-hybridized carbons (Fsp3) is 0.571. The lowest BCUT2D eigenvalue weighted by Gasteiger charge is -2.38. The van der Waals surface area contributed by atoms with Gasteiger partial charge in [-0.25, -0.2) is 0 Å². The Bertz CT molecular complexity index is 521. The molecule has 1 saturated heterocycles. The van der Waals surface area contributed by atoms with Gasteiger partial charge in [-0.2, -0.15) is 11.3 Å². The van der Waals surface area contributed by atoms with Crippen LogP contribution in [0.1, 0.15) is 29.3 Å². The normalized spacial score (nSPS) is 18.8.